The summed E-state index contributed by atoms with van der Waals surface area (Å²) >= 11 is 0. The van der Waals surface area contributed by atoms with E-state index in [0.29, 0.717) is 24.7 Å². The fourth-order valence-electron chi connectivity index (χ4n) is 1.88. The van der Waals surface area contributed by atoms with Crippen LogP contribution in [0, 0.1) is 0 Å². The van der Waals surface area contributed by atoms with Crippen molar-refractivity contribution in [2.45, 2.75) is 38.0 Å². The van der Waals surface area contributed by atoms with Gasteiger partial charge in [-0.15, -0.1) is 0 Å². The summed E-state index contributed by atoms with van der Waals surface area (Å²) in [5.74, 6) is 1.10. The van der Waals surface area contributed by atoms with E-state index in [2.05, 4.69) is 15.5 Å². The van der Waals surface area contributed by atoms with Gasteiger partial charge in [-0.2, -0.15) is 4.98 Å². The lowest BCUT2D eigenvalue weighted by Crippen LogP contribution is -2.15. The molecule has 90 valence electrons. The van der Waals surface area contributed by atoms with Crippen molar-refractivity contribution in [1.82, 2.24) is 15.5 Å². The highest BCUT2D eigenvalue weighted by Crippen LogP contribution is 2.24. The number of rotatable bonds is 4. The monoisotopic (exact) mass is 227 g/mol. The molecule has 3 unspecified atom stereocenters. The Kier molecular flexibility index (Phi) is 3.52. The zero-order chi connectivity index (χ0) is 11.5. The van der Waals surface area contributed by atoms with Crippen LogP contribution in [0.15, 0.2) is 4.52 Å². The van der Waals surface area contributed by atoms with Gasteiger partial charge in [-0.25, -0.2) is 0 Å². The summed E-state index contributed by atoms with van der Waals surface area (Å²) in [6.45, 7) is 2.58. The van der Waals surface area contributed by atoms with Crippen molar-refractivity contribution in [3.63, 3.8) is 0 Å². The van der Waals surface area contributed by atoms with Gasteiger partial charge in [0.25, 0.3) is 0 Å². The van der Waals surface area contributed by atoms with Crippen LogP contribution in [0.2, 0.25) is 0 Å². The van der Waals surface area contributed by atoms with Crippen molar-refractivity contribution in [2.75, 3.05) is 13.7 Å². The molecule has 0 aromatic carbocycles. The molecule has 0 amide bonds. The van der Waals surface area contributed by atoms with E-state index in [1.165, 1.54) is 0 Å². The Labute approximate surface area is 94.0 Å². The molecule has 16 heavy (non-hydrogen) atoms. The van der Waals surface area contributed by atoms with E-state index in [4.69, 9.17) is 9.26 Å². The number of ether oxygens (including phenoxy) is 1. The third-order valence-electron chi connectivity index (χ3n) is 2.81. The average molecular weight is 227 g/mol. The number of aromatic nitrogens is 2. The first-order chi connectivity index (χ1) is 7.74. The minimum absolute atomic E-state index is 0.0365. The van der Waals surface area contributed by atoms with Crippen molar-refractivity contribution in [3.05, 3.63) is 11.7 Å². The van der Waals surface area contributed by atoms with Crippen LogP contribution in [0.1, 0.15) is 43.6 Å². The number of methoxy groups -OCH3 is 1. The lowest BCUT2D eigenvalue weighted by Gasteiger charge is -2.06. The Bertz CT molecular complexity index is 338. The zero-order valence-corrected chi connectivity index (χ0v) is 9.51. The standard InChI is InChI=1S/C10H17N3O3/c1-3-8(15-2)9-12-10(16-13-9)7-4-6(14)5-11-7/h6-8,11,14H,3-5H2,1-2H3. The second-order valence-electron chi connectivity index (χ2n) is 3.97. The van der Waals surface area contributed by atoms with E-state index in [-0.39, 0.29) is 18.2 Å². The molecule has 1 aromatic rings. The van der Waals surface area contributed by atoms with Crippen LogP contribution in [0.3, 0.4) is 0 Å². The first-order valence-corrected chi connectivity index (χ1v) is 5.52. The van der Waals surface area contributed by atoms with Gasteiger partial charge in [-0.1, -0.05) is 12.1 Å². The lowest BCUT2D eigenvalue weighted by molar-refractivity contribution is 0.0903. The van der Waals surface area contributed by atoms with E-state index in [0.717, 1.165) is 6.42 Å². The molecule has 0 spiro atoms. The first kappa shape index (κ1) is 11.5. The number of nitrogens with zero attached hydrogens (tertiary/aromatic N) is 2. The predicted octanol–water partition coefficient (Wildman–Crippen LogP) is 0.562. The van der Waals surface area contributed by atoms with Crippen molar-refractivity contribution in [1.29, 1.82) is 0 Å². The molecular weight excluding hydrogens is 210 g/mol. The number of hydrogen-bond donors (Lipinski definition) is 2. The number of aliphatic hydroxyl groups is 1. The first-order valence-electron chi connectivity index (χ1n) is 5.52. The summed E-state index contributed by atoms with van der Waals surface area (Å²) in [5.41, 5.74) is 0. The normalized spacial score (nSPS) is 27.2. The Morgan fingerprint density at radius 1 is 1.69 bits per heavy atom. The van der Waals surface area contributed by atoms with Gasteiger partial charge in [0.05, 0.1) is 12.1 Å². The Hall–Kier alpha value is -0.980. The second-order valence-corrected chi connectivity index (χ2v) is 3.97. The highest BCUT2D eigenvalue weighted by atomic mass is 16.5. The molecule has 2 heterocycles. The molecule has 6 nitrogen and oxygen atoms in total. The van der Waals surface area contributed by atoms with Crippen LogP contribution in [-0.2, 0) is 4.74 Å². The van der Waals surface area contributed by atoms with Gasteiger partial charge in [-0.05, 0) is 12.8 Å². The van der Waals surface area contributed by atoms with Gasteiger partial charge < -0.3 is 19.7 Å². The predicted molar refractivity (Wildman–Crippen MR) is 55.7 cm³/mol. The van der Waals surface area contributed by atoms with E-state index >= 15 is 0 Å². The van der Waals surface area contributed by atoms with E-state index in [9.17, 15) is 5.11 Å². The van der Waals surface area contributed by atoms with Crippen LogP contribution >= 0.6 is 0 Å². The molecule has 2 rings (SSSR count). The SMILES string of the molecule is CCC(OC)c1noc(C2CC(O)CN2)n1. The zero-order valence-electron chi connectivity index (χ0n) is 9.51. The van der Waals surface area contributed by atoms with Crippen molar-refractivity contribution >= 4 is 0 Å². The molecule has 3 atom stereocenters. The second kappa shape index (κ2) is 4.90. The molecule has 1 aliphatic heterocycles. The molecule has 0 saturated carbocycles. The van der Waals surface area contributed by atoms with Gasteiger partial charge in [0, 0.05) is 13.7 Å². The van der Waals surface area contributed by atoms with E-state index < -0.39 is 0 Å². The van der Waals surface area contributed by atoms with Crippen LogP contribution in [-0.4, -0.2) is 35.0 Å². The maximum absolute atomic E-state index is 9.39. The fourth-order valence-corrected chi connectivity index (χ4v) is 1.88. The molecule has 2 N–H and O–H groups in total. The Balaban J connectivity index is 2.07. The average Bonchev–Trinajstić information content (AvgIpc) is 2.89. The molecular formula is C10H17N3O3. The topological polar surface area (TPSA) is 80.4 Å². The molecule has 1 saturated heterocycles. The summed E-state index contributed by atoms with van der Waals surface area (Å²) in [6.07, 6.45) is 0.968. The Morgan fingerprint density at radius 2 is 2.50 bits per heavy atom. The summed E-state index contributed by atoms with van der Waals surface area (Å²) in [4.78, 5) is 4.29. The molecule has 6 heteroatoms. The fraction of sp³-hybridized carbons (Fsp3) is 0.800. The molecule has 1 fully saturated rings. The summed E-state index contributed by atoms with van der Waals surface area (Å²) in [5, 5.41) is 16.4. The minimum atomic E-state index is -0.329. The largest absolute Gasteiger partial charge is 0.392 e. The molecule has 1 aliphatic rings. The van der Waals surface area contributed by atoms with Crippen LogP contribution in [0.4, 0.5) is 0 Å². The maximum atomic E-state index is 9.39. The highest BCUT2D eigenvalue weighted by molar-refractivity contribution is 4.99. The van der Waals surface area contributed by atoms with Crippen LogP contribution in [0.5, 0.6) is 0 Å². The van der Waals surface area contributed by atoms with E-state index in [1.807, 2.05) is 6.92 Å². The van der Waals surface area contributed by atoms with E-state index in [1.54, 1.807) is 7.11 Å². The quantitative estimate of drug-likeness (QED) is 0.782. The third kappa shape index (κ3) is 2.23. The van der Waals surface area contributed by atoms with Crippen molar-refractivity contribution < 1.29 is 14.4 Å². The Morgan fingerprint density at radius 3 is 3.06 bits per heavy atom. The van der Waals surface area contributed by atoms with Crippen LogP contribution in [0.25, 0.3) is 0 Å². The number of hydrogen-bond acceptors (Lipinski definition) is 6. The molecule has 0 radical (unpaired) electrons. The number of β-amino-alcohol motifs (C(OH)–C–C–N with tert-alkyl or cyclic N) is 1. The molecule has 0 aliphatic carbocycles. The molecule has 1 aromatic heterocycles. The minimum Gasteiger partial charge on any atom is -0.392 e. The van der Waals surface area contributed by atoms with Gasteiger partial charge in [-0.3, -0.25) is 0 Å². The summed E-state index contributed by atoms with van der Waals surface area (Å²) in [7, 11) is 1.63. The lowest BCUT2D eigenvalue weighted by atomic mass is 10.2. The number of nitrogens with one attached hydrogen (secondary N) is 1. The number of aliphatic hydroxyl groups excluding tert-OH is 1. The summed E-state index contributed by atoms with van der Waals surface area (Å²) < 4.78 is 10.4. The third-order valence-corrected chi connectivity index (χ3v) is 2.81. The van der Waals surface area contributed by atoms with Crippen LogP contribution < -0.4 is 5.32 Å². The summed E-state index contributed by atoms with van der Waals surface area (Å²) in [6, 6.07) is -0.0365. The van der Waals surface area contributed by atoms with Gasteiger partial charge >= 0.3 is 0 Å². The van der Waals surface area contributed by atoms with Gasteiger partial charge in [0.15, 0.2) is 0 Å². The maximum Gasteiger partial charge on any atom is 0.243 e. The van der Waals surface area contributed by atoms with Gasteiger partial charge in [0.1, 0.15) is 6.10 Å². The van der Waals surface area contributed by atoms with Gasteiger partial charge in [0.2, 0.25) is 11.7 Å². The molecule has 0 bridgehead atoms. The van der Waals surface area contributed by atoms with Crippen molar-refractivity contribution in [3.8, 4) is 0 Å². The highest BCUT2D eigenvalue weighted by Gasteiger charge is 2.29. The van der Waals surface area contributed by atoms with Crippen molar-refractivity contribution in [2.24, 2.45) is 0 Å². The smallest absolute Gasteiger partial charge is 0.243 e.